The highest BCUT2D eigenvalue weighted by Gasteiger charge is 2.39. The van der Waals surface area contributed by atoms with Gasteiger partial charge in [0.25, 0.3) is 0 Å². The number of hydrogen-bond donors (Lipinski definition) is 1. The molecule has 25 heavy (non-hydrogen) atoms. The van der Waals surface area contributed by atoms with Crippen LogP contribution in [0, 0.1) is 12.8 Å². The van der Waals surface area contributed by atoms with Gasteiger partial charge in [0.2, 0.25) is 11.9 Å². The van der Waals surface area contributed by atoms with Crippen molar-refractivity contribution in [1.29, 1.82) is 0 Å². The molecule has 1 atom stereocenters. The highest BCUT2D eigenvalue weighted by Crippen LogP contribution is 2.40. The molecule has 1 aromatic heterocycles. The van der Waals surface area contributed by atoms with E-state index in [2.05, 4.69) is 22.2 Å². The second kappa shape index (κ2) is 6.02. The molecule has 0 radical (unpaired) electrons. The topological polar surface area (TPSA) is 61.4 Å². The number of hydrogen-bond acceptors (Lipinski definition) is 5. The third-order valence-corrected chi connectivity index (χ3v) is 5.09. The smallest absolute Gasteiger partial charge is 0.249 e. The van der Waals surface area contributed by atoms with Crippen LogP contribution in [0.1, 0.15) is 24.8 Å². The molecule has 0 bridgehead atoms. The first-order chi connectivity index (χ1) is 12.0. The van der Waals surface area contributed by atoms with Gasteiger partial charge in [0.1, 0.15) is 11.7 Å². The number of carbonyl (C=O) groups excluding carboxylic acids is 1. The molecule has 1 aliphatic heterocycles. The van der Waals surface area contributed by atoms with Gasteiger partial charge in [-0.15, -0.1) is 0 Å². The van der Waals surface area contributed by atoms with E-state index in [1.165, 1.54) is 18.4 Å². The van der Waals surface area contributed by atoms with Crippen molar-refractivity contribution in [3.8, 4) is 0 Å². The van der Waals surface area contributed by atoms with E-state index < -0.39 is 0 Å². The summed E-state index contributed by atoms with van der Waals surface area (Å²) in [5, 5.41) is 3.24. The lowest BCUT2D eigenvalue weighted by Gasteiger charge is -2.38. The molecule has 1 amide bonds. The van der Waals surface area contributed by atoms with Crippen LogP contribution < -0.4 is 15.1 Å². The first-order valence-electron chi connectivity index (χ1n) is 8.74. The molecule has 1 aliphatic carbocycles. The number of fused-ring (bicyclic) bond motifs is 1. The molecule has 1 unspecified atom stereocenters. The van der Waals surface area contributed by atoms with Crippen molar-refractivity contribution in [2.45, 2.75) is 32.2 Å². The molecular formula is C19H23N5O. The van der Waals surface area contributed by atoms with Gasteiger partial charge in [0.15, 0.2) is 5.82 Å². The summed E-state index contributed by atoms with van der Waals surface area (Å²) in [6, 6.07) is 7.98. The summed E-state index contributed by atoms with van der Waals surface area (Å²) in [6.45, 7) is 2.06. The average Bonchev–Trinajstić information content (AvgIpc) is 3.43. The van der Waals surface area contributed by atoms with Crippen LogP contribution in [0.25, 0.3) is 0 Å². The number of carbonyl (C=O) groups is 1. The van der Waals surface area contributed by atoms with Crippen molar-refractivity contribution in [2.24, 2.45) is 5.92 Å². The van der Waals surface area contributed by atoms with Crippen molar-refractivity contribution in [1.82, 2.24) is 9.97 Å². The summed E-state index contributed by atoms with van der Waals surface area (Å²) in [7, 11) is 3.77. The predicted molar refractivity (Wildman–Crippen MR) is 99.4 cm³/mol. The molecule has 130 valence electrons. The van der Waals surface area contributed by atoms with E-state index in [0.29, 0.717) is 11.9 Å². The van der Waals surface area contributed by atoms with Crippen LogP contribution in [0.2, 0.25) is 0 Å². The summed E-state index contributed by atoms with van der Waals surface area (Å²) in [5.74, 6) is 2.16. The maximum absolute atomic E-state index is 12.7. The molecule has 2 aliphatic rings. The average molecular weight is 337 g/mol. The van der Waals surface area contributed by atoms with Gasteiger partial charge in [-0.05, 0) is 31.4 Å². The zero-order chi connectivity index (χ0) is 17.6. The summed E-state index contributed by atoms with van der Waals surface area (Å²) in [5.41, 5.74) is 2.91. The van der Waals surface area contributed by atoms with Crippen LogP contribution in [0.3, 0.4) is 0 Å². The highest BCUT2D eigenvalue weighted by atomic mass is 16.2. The minimum Gasteiger partial charge on any atom is -0.346 e. The van der Waals surface area contributed by atoms with Crippen molar-refractivity contribution >= 4 is 29.0 Å². The highest BCUT2D eigenvalue weighted by molar-refractivity contribution is 6.04. The van der Waals surface area contributed by atoms with E-state index in [9.17, 15) is 4.79 Å². The fraction of sp³-hybridized carbons (Fsp3) is 0.421. The summed E-state index contributed by atoms with van der Waals surface area (Å²) in [4.78, 5) is 25.5. The van der Waals surface area contributed by atoms with Crippen LogP contribution in [-0.2, 0) is 4.79 Å². The molecule has 6 heteroatoms. The number of nitrogens with one attached hydrogen (secondary N) is 1. The molecule has 0 spiro atoms. The number of benzene rings is 1. The van der Waals surface area contributed by atoms with Crippen molar-refractivity contribution in [2.75, 3.05) is 29.2 Å². The third-order valence-electron chi connectivity index (χ3n) is 5.09. The summed E-state index contributed by atoms with van der Waals surface area (Å²) < 4.78 is 0. The Bertz CT molecular complexity index is 800. The quantitative estimate of drug-likeness (QED) is 0.929. The van der Waals surface area contributed by atoms with E-state index in [1.807, 2.05) is 43.3 Å². The zero-order valence-electron chi connectivity index (χ0n) is 14.9. The van der Waals surface area contributed by atoms with Gasteiger partial charge in [-0.25, -0.2) is 4.98 Å². The Hall–Kier alpha value is -2.63. The largest absolute Gasteiger partial charge is 0.346 e. The number of rotatable bonds is 4. The van der Waals surface area contributed by atoms with Crippen LogP contribution in [0.5, 0.6) is 0 Å². The van der Waals surface area contributed by atoms with E-state index in [1.54, 1.807) is 11.1 Å². The molecular weight excluding hydrogens is 314 g/mol. The minimum absolute atomic E-state index is 0.129. The minimum atomic E-state index is -0.132. The Morgan fingerprint density at radius 3 is 2.60 bits per heavy atom. The predicted octanol–water partition coefficient (Wildman–Crippen LogP) is 3.11. The Kier molecular flexibility index (Phi) is 3.82. The fourth-order valence-corrected chi connectivity index (χ4v) is 3.27. The van der Waals surface area contributed by atoms with Crippen LogP contribution >= 0.6 is 0 Å². The Balaban J connectivity index is 1.62. The van der Waals surface area contributed by atoms with Gasteiger partial charge in [0.05, 0.1) is 6.20 Å². The van der Waals surface area contributed by atoms with E-state index >= 15 is 0 Å². The Morgan fingerprint density at radius 1 is 1.20 bits per heavy atom. The number of nitrogens with zero attached hydrogens (tertiary/aromatic N) is 4. The zero-order valence-corrected chi connectivity index (χ0v) is 14.9. The standard InChI is InChI=1S/C19H23N5O/c1-12-4-8-14(9-5-12)21-19-20-11-16-17(22-19)23(2)15(10-13-6-7-13)18(25)24(16)3/h4-5,8-9,11,13,15H,6-7,10H2,1-3H3,(H,20,21,22). The molecule has 2 aromatic rings. The second-order valence-electron chi connectivity index (χ2n) is 7.10. The monoisotopic (exact) mass is 337 g/mol. The van der Waals surface area contributed by atoms with Crippen LogP contribution in [0.15, 0.2) is 30.5 Å². The third kappa shape index (κ3) is 3.04. The summed E-state index contributed by atoms with van der Waals surface area (Å²) in [6.07, 6.45) is 5.10. The lowest BCUT2D eigenvalue weighted by Crippen LogP contribution is -2.51. The molecule has 1 saturated carbocycles. The van der Waals surface area contributed by atoms with Gasteiger partial charge in [-0.1, -0.05) is 30.5 Å². The number of amides is 1. The number of aryl methyl sites for hydroxylation is 1. The summed E-state index contributed by atoms with van der Waals surface area (Å²) >= 11 is 0. The SMILES string of the molecule is Cc1ccc(Nc2ncc3c(n2)N(C)C(CC2CC2)C(=O)N3C)cc1. The molecule has 1 N–H and O–H groups in total. The van der Waals surface area contributed by atoms with Gasteiger partial charge in [-0.2, -0.15) is 4.98 Å². The van der Waals surface area contributed by atoms with Crippen molar-refractivity contribution in [3.63, 3.8) is 0 Å². The van der Waals surface area contributed by atoms with Gasteiger partial charge in [-0.3, -0.25) is 4.79 Å². The molecule has 4 rings (SSSR count). The maximum Gasteiger partial charge on any atom is 0.249 e. The van der Waals surface area contributed by atoms with E-state index in [-0.39, 0.29) is 11.9 Å². The Morgan fingerprint density at radius 2 is 1.92 bits per heavy atom. The first-order valence-corrected chi connectivity index (χ1v) is 8.74. The molecule has 1 fully saturated rings. The lowest BCUT2D eigenvalue weighted by molar-refractivity contribution is -0.120. The van der Waals surface area contributed by atoms with Crippen molar-refractivity contribution < 1.29 is 4.79 Å². The molecule has 2 heterocycles. The number of likely N-dealkylation sites (N-methyl/N-ethyl adjacent to an activating group) is 2. The first kappa shape index (κ1) is 15.9. The maximum atomic E-state index is 12.7. The van der Waals surface area contributed by atoms with Gasteiger partial charge >= 0.3 is 0 Å². The fourth-order valence-electron chi connectivity index (χ4n) is 3.27. The van der Waals surface area contributed by atoms with Crippen molar-refractivity contribution in [3.05, 3.63) is 36.0 Å². The molecule has 6 nitrogen and oxygen atoms in total. The number of anilines is 4. The van der Waals surface area contributed by atoms with Crippen LogP contribution in [0.4, 0.5) is 23.1 Å². The van der Waals surface area contributed by atoms with Crippen LogP contribution in [-0.4, -0.2) is 36.0 Å². The lowest BCUT2D eigenvalue weighted by atomic mass is 10.0. The van der Waals surface area contributed by atoms with Gasteiger partial charge < -0.3 is 15.1 Å². The normalized spacial score (nSPS) is 19.8. The Labute approximate surface area is 147 Å². The van der Waals surface area contributed by atoms with Gasteiger partial charge in [0, 0.05) is 19.8 Å². The molecule has 1 aromatic carbocycles. The van der Waals surface area contributed by atoms with E-state index in [0.717, 1.165) is 23.6 Å². The molecule has 0 saturated heterocycles. The van der Waals surface area contributed by atoms with E-state index in [4.69, 9.17) is 0 Å². The number of aromatic nitrogens is 2. The second-order valence-corrected chi connectivity index (χ2v) is 7.10.